The van der Waals surface area contributed by atoms with Crippen LogP contribution in [-0.4, -0.2) is 26.8 Å². The van der Waals surface area contributed by atoms with E-state index in [0.29, 0.717) is 11.8 Å². The minimum absolute atomic E-state index is 0.171. The molecule has 0 spiro atoms. The predicted octanol–water partition coefficient (Wildman–Crippen LogP) is 2.94. The first-order valence-electron chi connectivity index (χ1n) is 6.90. The lowest BCUT2D eigenvalue weighted by molar-refractivity contribution is 0.834. The molecular formula is C15H16N6S. The van der Waals surface area contributed by atoms with Gasteiger partial charge in [-0.25, -0.2) is 15.0 Å². The normalized spacial score (nSPS) is 12.0. The third-order valence-electron chi connectivity index (χ3n) is 2.87. The van der Waals surface area contributed by atoms with Crippen LogP contribution in [0.3, 0.4) is 0 Å². The van der Waals surface area contributed by atoms with Crippen LogP contribution in [0.15, 0.2) is 41.7 Å². The molecule has 1 aromatic carbocycles. The van der Waals surface area contributed by atoms with Crippen molar-refractivity contribution in [3.05, 3.63) is 42.2 Å². The van der Waals surface area contributed by atoms with Gasteiger partial charge in [0.15, 0.2) is 5.13 Å². The van der Waals surface area contributed by atoms with Crippen LogP contribution in [0.4, 0.5) is 11.1 Å². The zero-order valence-corrected chi connectivity index (χ0v) is 13.1. The highest BCUT2D eigenvalue weighted by molar-refractivity contribution is 7.22. The highest BCUT2D eigenvalue weighted by Gasteiger charge is 2.08. The van der Waals surface area contributed by atoms with Crippen LogP contribution < -0.4 is 11.1 Å². The van der Waals surface area contributed by atoms with Gasteiger partial charge >= 0.3 is 0 Å². The Morgan fingerprint density at radius 3 is 2.77 bits per heavy atom. The van der Waals surface area contributed by atoms with Gasteiger partial charge in [-0.15, -0.1) is 0 Å². The molecule has 0 saturated carbocycles. The molecule has 6 nitrogen and oxygen atoms in total. The number of aliphatic imine (C=N–C) groups is 1. The average Bonchev–Trinajstić information content (AvgIpc) is 2.88. The minimum Gasteiger partial charge on any atom is -0.383 e. The van der Waals surface area contributed by atoms with Crippen molar-refractivity contribution < 1.29 is 0 Å². The molecule has 2 aromatic heterocycles. The molecule has 3 rings (SSSR count). The quantitative estimate of drug-likeness (QED) is 0.571. The third kappa shape index (κ3) is 3.20. The first kappa shape index (κ1) is 14.4. The number of nitrogens with zero attached hydrogens (tertiary/aromatic N) is 4. The maximum absolute atomic E-state index is 6.02. The molecule has 22 heavy (non-hydrogen) atoms. The van der Waals surface area contributed by atoms with E-state index in [4.69, 9.17) is 5.73 Å². The van der Waals surface area contributed by atoms with Crippen LogP contribution in [0.1, 0.15) is 19.4 Å². The van der Waals surface area contributed by atoms with Crippen LogP contribution in [-0.2, 0) is 0 Å². The van der Waals surface area contributed by atoms with Gasteiger partial charge in [0.1, 0.15) is 5.84 Å². The Balaban J connectivity index is 1.90. The van der Waals surface area contributed by atoms with Gasteiger partial charge in [-0.1, -0.05) is 11.3 Å². The molecule has 7 heteroatoms. The molecule has 0 atom stereocenters. The monoisotopic (exact) mass is 312 g/mol. The maximum atomic E-state index is 6.02. The number of hydrogen-bond acceptors (Lipinski definition) is 6. The van der Waals surface area contributed by atoms with Crippen LogP contribution in [0.5, 0.6) is 0 Å². The molecule has 0 aliphatic rings. The standard InChI is InChI=1S/C15H16N6S/c1-9(2)19-13(16)10-4-5-11-12(8-10)22-15(20-11)21-14-17-6-3-7-18-14/h3-9H,1-2H3,(H2,16,19)(H,17,18,20,21). The fourth-order valence-electron chi connectivity index (χ4n) is 1.95. The Kier molecular flexibility index (Phi) is 3.97. The summed E-state index contributed by atoms with van der Waals surface area (Å²) in [4.78, 5) is 17.1. The summed E-state index contributed by atoms with van der Waals surface area (Å²) in [6.45, 7) is 4.00. The number of rotatable bonds is 4. The molecule has 3 N–H and O–H groups in total. The number of anilines is 2. The fraction of sp³-hybridized carbons (Fsp3) is 0.200. The van der Waals surface area contributed by atoms with Crippen molar-refractivity contribution in [1.29, 1.82) is 0 Å². The molecule has 2 heterocycles. The zero-order chi connectivity index (χ0) is 15.5. The van der Waals surface area contributed by atoms with Crippen molar-refractivity contribution in [2.75, 3.05) is 5.32 Å². The Morgan fingerprint density at radius 1 is 1.27 bits per heavy atom. The lowest BCUT2D eigenvalue weighted by Crippen LogP contribution is -2.15. The molecular weight excluding hydrogens is 296 g/mol. The summed E-state index contributed by atoms with van der Waals surface area (Å²) in [5, 5.41) is 3.85. The van der Waals surface area contributed by atoms with Gasteiger partial charge in [-0.3, -0.25) is 4.99 Å². The smallest absolute Gasteiger partial charge is 0.228 e. The summed E-state index contributed by atoms with van der Waals surface area (Å²) in [5.74, 6) is 1.08. The van der Waals surface area contributed by atoms with Crippen molar-refractivity contribution in [3.63, 3.8) is 0 Å². The zero-order valence-electron chi connectivity index (χ0n) is 12.3. The van der Waals surface area contributed by atoms with Crippen molar-refractivity contribution in [2.24, 2.45) is 10.7 Å². The van der Waals surface area contributed by atoms with Crippen LogP contribution in [0.25, 0.3) is 10.2 Å². The molecule has 0 saturated heterocycles. The van der Waals surface area contributed by atoms with E-state index in [1.807, 2.05) is 32.0 Å². The van der Waals surface area contributed by atoms with E-state index >= 15 is 0 Å². The number of nitrogens with one attached hydrogen (secondary N) is 1. The Morgan fingerprint density at radius 2 is 2.05 bits per heavy atom. The third-order valence-corrected chi connectivity index (χ3v) is 3.80. The van der Waals surface area contributed by atoms with E-state index in [0.717, 1.165) is 20.9 Å². The average molecular weight is 312 g/mol. The number of hydrogen-bond donors (Lipinski definition) is 2. The second-order valence-corrected chi connectivity index (χ2v) is 6.04. The molecule has 0 amide bonds. The van der Waals surface area contributed by atoms with Crippen molar-refractivity contribution in [1.82, 2.24) is 15.0 Å². The lowest BCUT2D eigenvalue weighted by atomic mass is 10.2. The van der Waals surface area contributed by atoms with E-state index in [9.17, 15) is 0 Å². The largest absolute Gasteiger partial charge is 0.383 e. The molecule has 0 aliphatic carbocycles. The Hall–Kier alpha value is -2.54. The van der Waals surface area contributed by atoms with Gasteiger partial charge in [0.25, 0.3) is 0 Å². The summed E-state index contributed by atoms with van der Waals surface area (Å²) in [5.41, 5.74) is 7.83. The molecule has 0 unspecified atom stereocenters. The van der Waals surface area contributed by atoms with E-state index in [2.05, 4.69) is 25.3 Å². The van der Waals surface area contributed by atoms with Gasteiger partial charge in [-0.05, 0) is 38.1 Å². The van der Waals surface area contributed by atoms with Gasteiger partial charge in [0, 0.05) is 24.0 Å². The lowest BCUT2D eigenvalue weighted by Gasteiger charge is -2.02. The number of amidine groups is 1. The number of benzene rings is 1. The number of fused-ring (bicyclic) bond motifs is 1. The number of thiazole rings is 1. The second kappa shape index (κ2) is 6.07. The molecule has 0 fully saturated rings. The molecule has 112 valence electrons. The van der Waals surface area contributed by atoms with Gasteiger partial charge in [-0.2, -0.15) is 0 Å². The van der Waals surface area contributed by atoms with E-state index < -0.39 is 0 Å². The first-order valence-corrected chi connectivity index (χ1v) is 7.72. The highest BCUT2D eigenvalue weighted by atomic mass is 32.1. The summed E-state index contributed by atoms with van der Waals surface area (Å²) >= 11 is 1.53. The van der Waals surface area contributed by atoms with E-state index in [1.54, 1.807) is 18.5 Å². The van der Waals surface area contributed by atoms with Crippen molar-refractivity contribution >= 4 is 38.5 Å². The first-order chi connectivity index (χ1) is 10.6. The topological polar surface area (TPSA) is 89.1 Å². The highest BCUT2D eigenvalue weighted by Crippen LogP contribution is 2.28. The molecule has 0 aliphatic heterocycles. The Labute approximate surface area is 132 Å². The minimum atomic E-state index is 0.171. The van der Waals surface area contributed by atoms with Crippen molar-refractivity contribution in [2.45, 2.75) is 19.9 Å². The number of nitrogens with two attached hydrogens (primary N) is 1. The second-order valence-electron chi connectivity index (χ2n) is 5.01. The van der Waals surface area contributed by atoms with Gasteiger partial charge in [0.2, 0.25) is 5.95 Å². The van der Waals surface area contributed by atoms with Crippen LogP contribution in [0, 0.1) is 0 Å². The fourth-order valence-corrected chi connectivity index (χ4v) is 2.85. The Bertz CT molecular complexity index is 809. The van der Waals surface area contributed by atoms with Crippen LogP contribution in [0.2, 0.25) is 0 Å². The molecule has 0 radical (unpaired) electrons. The predicted molar refractivity (Wildman–Crippen MR) is 90.8 cm³/mol. The van der Waals surface area contributed by atoms with Crippen molar-refractivity contribution in [3.8, 4) is 0 Å². The summed E-state index contributed by atoms with van der Waals surface area (Å²) in [7, 11) is 0. The number of aromatic nitrogens is 3. The van der Waals surface area contributed by atoms with Gasteiger partial charge in [0.05, 0.1) is 10.2 Å². The molecule has 0 bridgehead atoms. The summed E-state index contributed by atoms with van der Waals surface area (Å²) in [6.07, 6.45) is 3.37. The van der Waals surface area contributed by atoms with E-state index in [1.165, 1.54) is 11.3 Å². The van der Waals surface area contributed by atoms with Crippen LogP contribution >= 0.6 is 11.3 Å². The van der Waals surface area contributed by atoms with E-state index in [-0.39, 0.29) is 6.04 Å². The van der Waals surface area contributed by atoms with Gasteiger partial charge < -0.3 is 11.1 Å². The SMILES string of the molecule is CC(C)N=C(N)c1ccc2nc(Nc3ncccn3)sc2c1. The molecule has 3 aromatic rings. The summed E-state index contributed by atoms with van der Waals surface area (Å²) < 4.78 is 1.04. The maximum Gasteiger partial charge on any atom is 0.228 e. The summed E-state index contributed by atoms with van der Waals surface area (Å²) in [6, 6.07) is 7.83.